The van der Waals surface area contributed by atoms with Gasteiger partial charge in [0, 0.05) is 11.5 Å². The number of carboxylic acids is 1. The van der Waals surface area contributed by atoms with E-state index < -0.39 is 71.8 Å². The van der Waals surface area contributed by atoms with Crippen LogP contribution < -0.4 is 32.3 Å². The number of hydrogen-bond donors (Lipinski definition) is 9. The van der Waals surface area contributed by atoms with Crippen LogP contribution in [0.15, 0.2) is 0 Å². The molecule has 17 heteroatoms. The second-order valence-electron chi connectivity index (χ2n) is 8.52. The first-order valence-corrected chi connectivity index (χ1v) is 16.1. The zero-order valence-electron chi connectivity index (χ0n) is 22.4. The summed E-state index contributed by atoms with van der Waals surface area (Å²) >= 11 is 10.8. The Labute approximate surface area is 248 Å². The maximum Gasteiger partial charge on any atom is 0.327 e. The Morgan fingerprint density at radius 2 is 1.05 bits per heavy atom. The lowest BCUT2D eigenvalue weighted by atomic mass is 10.1. The van der Waals surface area contributed by atoms with E-state index in [9.17, 15) is 28.8 Å². The van der Waals surface area contributed by atoms with Crippen LogP contribution in [0.25, 0.3) is 0 Å². The summed E-state index contributed by atoms with van der Waals surface area (Å²) in [5.41, 5.74) is 5.68. The minimum atomic E-state index is -1.27. The zero-order valence-corrected chi connectivity index (χ0v) is 25.8. The smallest absolute Gasteiger partial charge is 0.327 e. The van der Waals surface area contributed by atoms with Crippen LogP contribution in [0, 0.1) is 0 Å². The fraction of sp³-hybridized carbons (Fsp3) is 0.727. The van der Waals surface area contributed by atoms with Crippen LogP contribution >= 0.6 is 48.8 Å². The van der Waals surface area contributed by atoms with Crippen molar-refractivity contribution in [2.45, 2.75) is 62.9 Å². The molecule has 224 valence electrons. The zero-order chi connectivity index (χ0) is 30.1. The number of amides is 5. The maximum atomic E-state index is 12.9. The number of rotatable bonds is 19. The van der Waals surface area contributed by atoms with E-state index in [0.717, 1.165) is 0 Å². The molecule has 0 aliphatic heterocycles. The summed E-state index contributed by atoms with van der Waals surface area (Å²) in [6, 6.07) is -6.22. The number of thiol groups is 2. The number of aliphatic carboxylic acids is 1. The fourth-order valence-corrected chi connectivity index (χ4v) is 4.26. The Bertz CT molecular complexity index is 854. The minimum Gasteiger partial charge on any atom is -0.480 e. The topological polar surface area (TPSA) is 209 Å². The lowest BCUT2D eigenvalue weighted by Gasteiger charge is -2.25. The quantitative estimate of drug-likeness (QED) is 0.0735. The van der Waals surface area contributed by atoms with Crippen molar-refractivity contribution in [3.8, 4) is 0 Å². The molecule has 0 aromatic carbocycles. The lowest BCUT2D eigenvalue weighted by Crippen LogP contribution is -2.58. The molecule has 0 aliphatic carbocycles. The van der Waals surface area contributed by atoms with E-state index in [1.807, 2.05) is 12.5 Å². The molecule has 13 nitrogen and oxygen atoms in total. The molecule has 6 atom stereocenters. The van der Waals surface area contributed by atoms with Gasteiger partial charge in [-0.1, -0.05) is 0 Å². The van der Waals surface area contributed by atoms with Crippen LogP contribution in [0.2, 0.25) is 0 Å². The Morgan fingerprint density at radius 3 is 1.38 bits per heavy atom. The highest BCUT2D eigenvalue weighted by Crippen LogP contribution is 2.05. The fourth-order valence-electron chi connectivity index (χ4n) is 2.91. The molecule has 0 spiro atoms. The molecule has 8 N–H and O–H groups in total. The second-order valence-corrected chi connectivity index (χ2v) is 11.2. The molecule has 0 saturated heterocycles. The minimum absolute atomic E-state index is 0.0939. The van der Waals surface area contributed by atoms with Gasteiger partial charge in [0.25, 0.3) is 0 Å². The van der Waals surface area contributed by atoms with Crippen molar-refractivity contribution in [2.24, 2.45) is 5.73 Å². The number of carboxylic acid groups (broad SMARTS) is 1. The molecular formula is C22H40N6O7S4. The lowest BCUT2D eigenvalue weighted by molar-refractivity contribution is -0.141. The number of carbonyl (C=O) groups excluding carboxylic acids is 5. The van der Waals surface area contributed by atoms with E-state index in [0.29, 0.717) is 17.9 Å². The summed E-state index contributed by atoms with van der Waals surface area (Å²) in [5, 5.41) is 21.5. The predicted octanol–water partition coefficient (Wildman–Crippen LogP) is -1.77. The number of thioether (sulfide) groups is 2. The highest BCUT2D eigenvalue weighted by molar-refractivity contribution is 7.98. The van der Waals surface area contributed by atoms with Gasteiger partial charge in [-0.3, -0.25) is 24.0 Å². The standard InChI is InChI=1S/C22H40N6O7S4/c1-11(24-21(33)15(6-8-39-4)27-19(31)13(23)9-36)17(29)26-14(5-7-38-3)20(32)25-12(2)18(30)28-16(10-37)22(34)35/h11-16,36-37H,5-10,23H2,1-4H3,(H,24,33)(H,25,32)(H,26,29)(H,27,31)(H,28,30)(H,34,35)/t11-,12-,13-,14-,15-,16-/m0/s1. The van der Waals surface area contributed by atoms with Crippen LogP contribution in [0.1, 0.15) is 26.7 Å². The van der Waals surface area contributed by atoms with E-state index in [2.05, 4.69) is 51.8 Å². The molecule has 0 aromatic heterocycles. The van der Waals surface area contributed by atoms with Gasteiger partial charge in [0.2, 0.25) is 29.5 Å². The third kappa shape index (κ3) is 14.4. The Kier molecular flexibility index (Phi) is 19.2. The molecule has 0 fully saturated rings. The molecule has 5 amide bonds. The van der Waals surface area contributed by atoms with Gasteiger partial charge in [-0.2, -0.15) is 48.8 Å². The summed E-state index contributed by atoms with van der Waals surface area (Å²) in [6.45, 7) is 2.81. The van der Waals surface area contributed by atoms with Crippen LogP contribution in [0.4, 0.5) is 0 Å². The van der Waals surface area contributed by atoms with E-state index in [1.54, 1.807) is 0 Å². The van der Waals surface area contributed by atoms with Crippen molar-refractivity contribution >= 4 is 84.3 Å². The summed E-state index contributed by atoms with van der Waals surface area (Å²) in [6.07, 6.45) is 4.21. The number of hydrogen-bond acceptors (Lipinski definition) is 11. The first-order valence-electron chi connectivity index (χ1n) is 12.0. The van der Waals surface area contributed by atoms with Gasteiger partial charge in [0.05, 0.1) is 6.04 Å². The average Bonchev–Trinajstić information content (AvgIpc) is 2.90. The summed E-state index contributed by atoms with van der Waals surface area (Å²) in [4.78, 5) is 74.2. The molecule has 0 aromatic rings. The van der Waals surface area contributed by atoms with Crippen molar-refractivity contribution in [1.29, 1.82) is 0 Å². The van der Waals surface area contributed by atoms with Gasteiger partial charge < -0.3 is 37.4 Å². The third-order valence-corrected chi connectivity index (χ3v) is 7.37. The Balaban J connectivity index is 5.30. The molecule has 0 rings (SSSR count). The number of nitrogens with two attached hydrogens (primary N) is 1. The molecule has 0 heterocycles. The summed E-state index contributed by atoms with van der Waals surface area (Å²) < 4.78 is 0. The first kappa shape index (κ1) is 37.2. The van der Waals surface area contributed by atoms with Gasteiger partial charge in [-0.05, 0) is 50.7 Å². The van der Waals surface area contributed by atoms with E-state index in [4.69, 9.17) is 10.8 Å². The van der Waals surface area contributed by atoms with Gasteiger partial charge >= 0.3 is 5.97 Å². The van der Waals surface area contributed by atoms with E-state index in [-0.39, 0.29) is 17.9 Å². The third-order valence-electron chi connectivity index (χ3n) is 5.32. The molecule has 39 heavy (non-hydrogen) atoms. The van der Waals surface area contributed by atoms with E-state index >= 15 is 0 Å². The average molecular weight is 629 g/mol. The van der Waals surface area contributed by atoms with Crippen molar-refractivity contribution < 1.29 is 33.9 Å². The maximum absolute atomic E-state index is 12.9. The van der Waals surface area contributed by atoms with Crippen LogP contribution in [-0.2, 0) is 28.8 Å². The Morgan fingerprint density at radius 1 is 0.667 bits per heavy atom. The van der Waals surface area contributed by atoms with Gasteiger partial charge in [0.15, 0.2) is 0 Å². The van der Waals surface area contributed by atoms with Crippen molar-refractivity contribution in [3.05, 3.63) is 0 Å². The largest absolute Gasteiger partial charge is 0.480 e. The van der Waals surface area contributed by atoms with Gasteiger partial charge in [-0.15, -0.1) is 0 Å². The van der Waals surface area contributed by atoms with Gasteiger partial charge in [0.1, 0.15) is 30.2 Å². The molecule has 0 bridgehead atoms. The Hall–Kier alpha value is -1.82. The van der Waals surface area contributed by atoms with Crippen LogP contribution in [0.3, 0.4) is 0 Å². The molecule has 0 radical (unpaired) electrons. The van der Waals surface area contributed by atoms with Crippen molar-refractivity contribution in [2.75, 3.05) is 35.5 Å². The highest BCUT2D eigenvalue weighted by atomic mass is 32.2. The van der Waals surface area contributed by atoms with Gasteiger partial charge in [-0.25, -0.2) is 4.79 Å². The number of nitrogens with one attached hydrogen (secondary N) is 5. The van der Waals surface area contributed by atoms with Crippen LogP contribution in [0.5, 0.6) is 0 Å². The molecule has 0 aliphatic rings. The van der Waals surface area contributed by atoms with Crippen molar-refractivity contribution in [1.82, 2.24) is 26.6 Å². The first-order chi connectivity index (χ1) is 18.3. The molecule has 0 unspecified atom stereocenters. The number of carbonyl (C=O) groups is 6. The monoisotopic (exact) mass is 628 g/mol. The second kappa shape index (κ2) is 20.1. The molecule has 0 saturated carbocycles. The SMILES string of the molecule is CSCC[C@H](NC(=O)[C@H](C)NC(=O)[C@H](CCSC)NC(=O)[C@@H](N)CS)C(=O)N[C@@H](C)C(=O)N[C@@H](CS)C(=O)O. The molecular weight excluding hydrogens is 589 g/mol. The normalized spacial score (nSPS) is 15.5. The van der Waals surface area contributed by atoms with Crippen LogP contribution in [-0.4, -0.2) is 112 Å². The summed E-state index contributed by atoms with van der Waals surface area (Å²) in [7, 11) is 0. The predicted molar refractivity (Wildman–Crippen MR) is 160 cm³/mol. The van der Waals surface area contributed by atoms with E-state index in [1.165, 1.54) is 37.4 Å². The summed E-state index contributed by atoms with van der Waals surface area (Å²) in [5.74, 6) is -3.38. The highest BCUT2D eigenvalue weighted by Gasteiger charge is 2.30. The van der Waals surface area contributed by atoms with Crippen molar-refractivity contribution in [3.63, 3.8) is 0 Å².